The van der Waals surface area contributed by atoms with E-state index in [9.17, 15) is 24.5 Å². The fourth-order valence-corrected chi connectivity index (χ4v) is 5.21. The number of carboxylic acids is 1. The third-order valence-corrected chi connectivity index (χ3v) is 7.98. The second kappa shape index (κ2) is 23.1. The van der Waals surface area contributed by atoms with Crippen molar-refractivity contribution in [2.45, 2.75) is 129 Å². The standard InChI is InChI=1S/C29H60NO8P/c1-6-8-9-10-11-12-13-14-15-16-17-18-19-20-21-28(27(7-2)29(32)33)36-24-26(31)25-38-39(34,35)37-23-22-30(3,4)5/h26-28,31H,6-25H2,1-5H3,(H-,32,33,34,35)/p+1/t26?,27-,28?/m0/s1. The van der Waals surface area contributed by atoms with Gasteiger partial charge in [0.25, 0.3) is 0 Å². The summed E-state index contributed by atoms with van der Waals surface area (Å²) in [7, 11) is 1.52. The largest absolute Gasteiger partial charge is 0.481 e. The van der Waals surface area contributed by atoms with Crippen LogP contribution < -0.4 is 0 Å². The maximum atomic E-state index is 12.0. The van der Waals surface area contributed by atoms with Crippen molar-refractivity contribution >= 4 is 13.8 Å². The van der Waals surface area contributed by atoms with E-state index in [0.717, 1.165) is 19.3 Å². The van der Waals surface area contributed by atoms with E-state index in [-0.39, 0.29) is 13.2 Å². The molecule has 0 spiro atoms. The Morgan fingerprint density at radius 2 is 1.28 bits per heavy atom. The number of carboxylic acid groups (broad SMARTS) is 1. The second-order valence-corrected chi connectivity index (χ2v) is 13.3. The SMILES string of the molecule is CCCCCCCCCCCCCCCCC(OCC(O)COP(=O)(O)OCC[N+](C)(C)C)[C@H](CC)C(=O)O. The van der Waals surface area contributed by atoms with E-state index in [0.29, 0.717) is 23.9 Å². The zero-order valence-corrected chi connectivity index (χ0v) is 26.5. The number of phosphoric ester groups is 1. The first kappa shape index (κ1) is 38.5. The molecule has 0 saturated carbocycles. The van der Waals surface area contributed by atoms with Crippen molar-refractivity contribution in [1.29, 1.82) is 0 Å². The minimum atomic E-state index is -4.29. The number of aliphatic hydroxyl groups is 1. The zero-order valence-electron chi connectivity index (χ0n) is 25.7. The molecule has 0 aromatic heterocycles. The van der Waals surface area contributed by atoms with Crippen molar-refractivity contribution in [3.8, 4) is 0 Å². The number of hydrogen-bond donors (Lipinski definition) is 3. The van der Waals surface area contributed by atoms with Crippen molar-refractivity contribution < 1.29 is 42.7 Å². The molecule has 0 radical (unpaired) electrons. The lowest BCUT2D eigenvalue weighted by atomic mass is 9.94. The molecule has 39 heavy (non-hydrogen) atoms. The number of rotatable bonds is 28. The molecule has 0 saturated heterocycles. The summed E-state index contributed by atoms with van der Waals surface area (Å²) < 4.78 is 28.2. The molecule has 0 aliphatic heterocycles. The Morgan fingerprint density at radius 3 is 1.72 bits per heavy atom. The molecular formula is C29H61NO8P+. The van der Waals surface area contributed by atoms with Crippen LogP contribution in [0.25, 0.3) is 0 Å². The predicted octanol–water partition coefficient (Wildman–Crippen LogP) is 6.55. The molecule has 0 bridgehead atoms. The van der Waals surface area contributed by atoms with Gasteiger partial charge in [-0.25, -0.2) is 4.57 Å². The van der Waals surface area contributed by atoms with Gasteiger partial charge in [-0.2, -0.15) is 0 Å². The van der Waals surface area contributed by atoms with Crippen LogP contribution in [0.1, 0.15) is 117 Å². The maximum absolute atomic E-state index is 12.0. The monoisotopic (exact) mass is 582 g/mol. The number of unbranched alkanes of at least 4 members (excludes halogenated alkanes) is 13. The summed E-state index contributed by atoms with van der Waals surface area (Å²) >= 11 is 0. The highest BCUT2D eigenvalue weighted by molar-refractivity contribution is 7.47. The van der Waals surface area contributed by atoms with Crippen molar-refractivity contribution in [1.82, 2.24) is 0 Å². The Bertz CT molecular complexity index is 643. The Labute approximate surface area is 238 Å². The van der Waals surface area contributed by atoms with Gasteiger partial charge in [0.15, 0.2) is 0 Å². The van der Waals surface area contributed by atoms with E-state index >= 15 is 0 Å². The van der Waals surface area contributed by atoms with E-state index in [1.807, 2.05) is 28.1 Å². The number of ether oxygens (including phenoxy) is 1. The number of aliphatic carboxylic acids is 1. The molecule has 10 heteroatoms. The van der Waals surface area contributed by atoms with Gasteiger partial charge in [-0.3, -0.25) is 13.8 Å². The number of nitrogens with zero attached hydrogens (tertiary/aromatic N) is 1. The maximum Gasteiger partial charge on any atom is 0.472 e. The fraction of sp³-hybridized carbons (Fsp3) is 0.966. The number of carbonyl (C=O) groups is 1. The van der Waals surface area contributed by atoms with Gasteiger partial charge >= 0.3 is 13.8 Å². The third-order valence-electron chi connectivity index (χ3n) is 7.00. The van der Waals surface area contributed by atoms with Crippen LogP contribution in [0.15, 0.2) is 0 Å². The molecule has 0 aromatic carbocycles. The number of aliphatic hydroxyl groups excluding tert-OH is 1. The molecule has 0 rings (SSSR count). The molecule has 0 heterocycles. The predicted molar refractivity (Wildman–Crippen MR) is 157 cm³/mol. The Balaban J connectivity index is 4.20. The van der Waals surface area contributed by atoms with E-state index in [2.05, 4.69) is 6.92 Å². The van der Waals surface area contributed by atoms with Crippen molar-refractivity contribution in [3.05, 3.63) is 0 Å². The Hall–Kier alpha value is -0.540. The molecule has 9 nitrogen and oxygen atoms in total. The van der Waals surface area contributed by atoms with Crippen molar-refractivity contribution in [2.24, 2.45) is 5.92 Å². The first-order valence-electron chi connectivity index (χ1n) is 15.4. The average molecular weight is 583 g/mol. The van der Waals surface area contributed by atoms with Crippen LogP contribution in [0.5, 0.6) is 0 Å². The number of quaternary nitrogens is 1. The van der Waals surface area contributed by atoms with Crippen LogP contribution >= 0.6 is 7.82 Å². The van der Waals surface area contributed by atoms with Crippen LogP contribution in [0.2, 0.25) is 0 Å². The van der Waals surface area contributed by atoms with Crippen LogP contribution in [-0.4, -0.2) is 85.3 Å². The molecule has 0 aromatic rings. The van der Waals surface area contributed by atoms with Gasteiger partial charge in [0, 0.05) is 0 Å². The summed E-state index contributed by atoms with van der Waals surface area (Å²) in [6.45, 7) is 4.02. The van der Waals surface area contributed by atoms with E-state index in [4.69, 9.17) is 13.8 Å². The third kappa shape index (κ3) is 23.8. The summed E-state index contributed by atoms with van der Waals surface area (Å²) in [5, 5.41) is 19.8. The van der Waals surface area contributed by atoms with Gasteiger partial charge in [-0.15, -0.1) is 0 Å². The zero-order chi connectivity index (χ0) is 29.6. The van der Waals surface area contributed by atoms with Crippen molar-refractivity contribution in [2.75, 3.05) is 47.5 Å². The quantitative estimate of drug-likeness (QED) is 0.0539. The Kier molecular flexibility index (Phi) is 22.8. The molecule has 0 aliphatic rings. The smallest absolute Gasteiger partial charge is 0.472 e. The van der Waals surface area contributed by atoms with Gasteiger partial charge in [0.1, 0.15) is 19.3 Å². The van der Waals surface area contributed by atoms with Crippen LogP contribution in [0, 0.1) is 5.92 Å². The van der Waals surface area contributed by atoms with E-state index < -0.39 is 38.5 Å². The van der Waals surface area contributed by atoms with Crippen LogP contribution in [-0.2, 0) is 23.1 Å². The first-order valence-corrected chi connectivity index (χ1v) is 16.9. The molecule has 0 aliphatic carbocycles. The molecule has 0 amide bonds. The first-order chi connectivity index (χ1) is 18.4. The number of phosphoric acid groups is 1. The van der Waals surface area contributed by atoms with Crippen molar-refractivity contribution in [3.63, 3.8) is 0 Å². The Morgan fingerprint density at radius 1 is 0.795 bits per heavy atom. The summed E-state index contributed by atoms with van der Waals surface area (Å²) in [6.07, 6.45) is 16.9. The lowest BCUT2D eigenvalue weighted by Crippen LogP contribution is -2.37. The molecule has 4 atom stereocenters. The topological polar surface area (TPSA) is 123 Å². The number of hydrogen-bond acceptors (Lipinski definition) is 6. The fourth-order valence-electron chi connectivity index (χ4n) is 4.47. The van der Waals surface area contributed by atoms with Gasteiger partial charge in [0.2, 0.25) is 0 Å². The van der Waals surface area contributed by atoms with Gasteiger partial charge in [-0.05, 0) is 12.8 Å². The average Bonchev–Trinajstić information content (AvgIpc) is 2.85. The summed E-state index contributed by atoms with van der Waals surface area (Å²) in [4.78, 5) is 21.5. The highest BCUT2D eigenvalue weighted by Gasteiger charge is 2.29. The minimum Gasteiger partial charge on any atom is -0.481 e. The summed E-state index contributed by atoms with van der Waals surface area (Å²) in [5.74, 6) is -1.58. The molecule has 3 unspecified atom stereocenters. The van der Waals surface area contributed by atoms with Gasteiger partial charge in [0.05, 0.1) is 46.4 Å². The molecular weight excluding hydrogens is 521 g/mol. The molecule has 234 valence electrons. The lowest BCUT2D eigenvalue weighted by molar-refractivity contribution is -0.870. The molecule has 0 fully saturated rings. The molecule has 3 N–H and O–H groups in total. The normalized spacial score (nSPS) is 16.1. The van der Waals surface area contributed by atoms with Gasteiger partial charge < -0.3 is 24.3 Å². The minimum absolute atomic E-state index is 0.0436. The van der Waals surface area contributed by atoms with Crippen LogP contribution in [0.4, 0.5) is 0 Å². The second-order valence-electron chi connectivity index (χ2n) is 11.9. The highest BCUT2D eigenvalue weighted by atomic mass is 31.2. The summed E-state index contributed by atoms with van der Waals surface area (Å²) in [5.41, 5.74) is 0. The summed E-state index contributed by atoms with van der Waals surface area (Å²) in [6, 6.07) is 0. The lowest BCUT2D eigenvalue weighted by Gasteiger charge is -2.25. The highest BCUT2D eigenvalue weighted by Crippen LogP contribution is 2.43. The van der Waals surface area contributed by atoms with E-state index in [1.165, 1.54) is 70.6 Å². The van der Waals surface area contributed by atoms with Crippen LogP contribution in [0.3, 0.4) is 0 Å². The number of likely N-dealkylation sites (N-methyl/N-ethyl adjacent to an activating group) is 1. The van der Waals surface area contributed by atoms with Gasteiger partial charge in [-0.1, -0.05) is 104 Å². The van der Waals surface area contributed by atoms with E-state index in [1.54, 1.807) is 0 Å².